The Balaban J connectivity index is 1.93. The Kier molecular flexibility index (Phi) is 6.14. The van der Waals surface area contributed by atoms with E-state index in [2.05, 4.69) is 37.4 Å². The highest BCUT2D eigenvalue weighted by Gasteiger charge is 2.56. The van der Waals surface area contributed by atoms with Crippen molar-refractivity contribution in [3.8, 4) is 0 Å². The van der Waals surface area contributed by atoms with E-state index in [1.807, 2.05) is 0 Å². The molecule has 5 heteroatoms. The number of hydrogen-bond donors (Lipinski definition) is 0. The van der Waals surface area contributed by atoms with Crippen molar-refractivity contribution in [3.05, 3.63) is 22.6 Å². The van der Waals surface area contributed by atoms with Crippen molar-refractivity contribution in [2.45, 2.75) is 72.6 Å². The fourth-order valence-corrected chi connectivity index (χ4v) is 7.00. The van der Waals surface area contributed by atoms with Crippen LogP contribution >= 0.6 is 0 Å². The maximum atomic E-state index is 11.6. The van der Waals surface area contributed by atoms with Crippen LogP contribution in [0.15, 0.2) is 17.3 Å². The van der Waals surface area contributed by atoms with E-state index in [4.69, 9.17) is 10.3 Å². The predicted octanol–water partition coefficient (Wildman–Crippen LogP) is 6.30. The topological polar surface area (TPSA) is 75.1 Å². The fourth-order valence-electron chi connectivity index (χ4n) is 7.00. The highest BCUT2D eigenvalue weighted by Crippen LogP contribution is 2.63. The molecule has 0 heterocycles. The second-order valence-corrected chi connectivity index (χ2v) is 10.3. The van der Waals surface area contributed by atoms with Crippen LogP contribution in [0.4, 0.5) is 0 Å². The van der Waals surface area contributed by atoms with E-state index < -0.39 is 0 Å². The minimum absolute atomic E-state index is 0.136. The summed E-state index contributed by atoms with van der Waals surface area (Å²) in [5, 5.41) is 3.99. The van der Waals surface area contributed by atoms with Gasteiger partial charge >= 0.3 is 5.97 Å². The quantitative estimate of drug-likeness (QED) is 0.182. The molecular formula is C23H37N3O2. The van der Waals surface area contributed by atoms with Crippen molar-refractivity contribution in [1.82, 2.24) is 0 Å². The van der Waals surface area contributed by atoms with Gasteiger partial charge in [0.05, 0.1) is 6.61 Å². The number of hydrogen-bond acceptors (Lipinski definition) is 3. The number of ether oxygens (including phenoxy) is 1. The molecule has 0 saturated heterocycles. The number of carbonyl (C=O) groups excluding carboxylic acids is 1. The third-order valence-electron chi connectivity index (χ3n) is 8.88. The van der Waals surface area contributed by atoms with Crippen LogP contribution in [0.2, 0.25) is 0 Å². The number of allylic oxidation sites excluding steroid dienone is 1. The van der Waals surface area contributed by atoms with E-state index >= 15 is 0 Å². The Morgan fingerprint density at radius 2 is 2.04 bits per heavy atom. The lowest BCUT2D eigenvalue weighted by atomic mass is 9.49. The van der Waals surface area contributed by atoms with Gasteiger partial charge in [-0.1, -0.05) is 44.5 Å². The van der Waals surface area contributed by atoms with Crippen LogP contribution in [-0.4, -0.2) is 19.1 Å². The summed E-state index contributed by atoms with van der Waals surface area (Å²) in [6.07, 6.45) is 8.11. The van der Waals surface area contributed by atoms with Crippen molar-refractivity contribution in [2.75, 3.05) is 13.2 Å². The average Bonchev–Trinajstić information content (AvgIpc) is 2.95. The smallest absolute Gasteiger partial charge is 0.302 e. The van der Waals surface area contributed by atoms with Gasteiger partial charge in [0.15, 0.2) is 0 Å². The van der Waals surface area contributed by atoms with Crippen LogP contribution in [0.25, 0.3) is 10.4 Å². The molecule has 0 spiro atoms. The second kappa shape index (κ2) is 8.10. The Morgan fingerprint density at radius 1 is 1.29 bits per heavy atom. The summed E-state index contributed by atoms with van der Waals surface area (Å²) in [4.78, 5) is 14.7. The average molecular weight is 388 g/mol. The Hall–Kier alpha value is -1.48. The number of azide groups is 1. The minimum Gasteiger partial charge on any atom is -0.466 e. The van der Waals surface area contributed by atoms with Gasteiger partial charge in [0, 0.05) is 24.3 Å². The SMILES string of the molecule is C=C1CCC2[C@H](COC(C)=O)C([C@@]3(C)CC[C@H](C)C[C@@H]3CN=[N+]=[N-])CC[C@]12C. The molecule has 5 nitrogen and oxygen atoms in total. The monoisotopic (exact) mass is 387 g/mol. The lowest BCUT2D eigenvalue weighted by Crippen LogP contribution is -2.51. The zero-order valence-corrected chi connectivity index (χ0v) is 18.1. The van der Waals surface area contributed by atoms with Crippen molar-refractivity contribution in [2.24, 2.45) is 45.5 Å². The first-order valence-corrected chi connectivity index (χ1v) is 11.0. The van der Waals surface area contributed by atoms with Crippen LogP contribution in [0, 0.1) is 40.4 Å². The lowest BCUT2D eigenvalue weighted by Gasteiger charge is -2.56. The third kappa shape index (κ3) is 3.70. The molecule has 0 aromatic heterocycles. The number of fused-ring (bicyclic) bond motifs is 1. The molecule has 0 bridgehead atoms. The van der Waals surface area contributed by atoms with Crippen LogP contribution in [-0.2, 0) is 9.53 Å². The highest BCUT2D eigenvalue weighted by atomic mass is 16.5. The number of nitrogens with zero attached hydrogens (tertiary/aromatic N) is 3. The van der Waals surface area contributed by atoms with Gasteiger partial charge in [-0.25, -0.2) is 0 Å². The van der Waals surface area contributed by atoms with Crippen LogP contribution in [0.5, 0.6) is 0 Å². The molecule has 3 rings (SSSR count). The molecule has 0 aromatic rings. The Morgan fingerprint density at radius 3 is 2.71 bits per heavy atom. The van der Waals surface area contributed by atoms with Crippen LogP contribution in [0.3, 0.4) is 0 Å². The van der Waals surface area contributed by atoms with Gasteiger partial charge in [0.1, 0.15) is 0 Å². The number of rotatable bonds is 5. The molecule has 0 N–H and O–H groups in total. The molecule has 2 unspecified atom stereocenters. The number of esters is 1. The van der Waals surface area contributed by atoms with Gasteiger partial charge in [-0.05, 0) is 78.6 Å². The van der Waals surface area contributed by atoms with Crippen molar-refractivity contribution in [1.29, 1.82) is 0 Å². The molecular weight excluding hydrogens is 350 g/mol. The summed E-state index contributed by atoms with van der Waals surface area (Å²) < 4.78 is 5.62. The van der Waals surface area contributed by atoms with Crippen molar-refractivity contribution < 1.29 is 9.53 Å². The van der Waals surface area contributed by atoms with Gasteiger partial charge < -0.3 is 4.74 Å². The van der Waals surface area contributed by atoms with Gasteiger partial charge in [0.2, 0.25) is 0 Å². The Bertz CT molecular complexity index is 671. The van der Waals surface area contributed by atoms with E-state index in [0.29, 0.717) is 42.7 Å². The van der Waals surface area contributed by atoms with E-state index in [-0.39, 0.29) is 16.8 Å². The van der Waals surface area contributed by atoms with Crippen LogP contribution < -0.4 is 0 Å². The summed E-state index contributed by atoms with van der Waals surface area (Å²) in [6.45, 7) is 14.1. The molecule has 28 heavy (non-hydrogen) atoms. The molecule has 3 aliphatic rings. The zero-order chi connectivity index (χ0) is 20.5. The zero-order valence-electron chi connectivity index (χ0n) is 18.1. The maximum Gasteiger partial charge on any atom is 0.302 e. The van der Waals surface area contributed by atoms with E-state index in [9.17, 15) is 4.79 Å². The molecule has 0 aromatic carbocycles. The normalized spacial score (nSPS) is 43.1. The van der Waals surface area contributed by atoms with Crippen molar-refractivity contribution >= 4 is 5.97 Å². The summed E-state index contributed by atoms with van der Waals surface area (Å²) in [6, 6.07) is 0. The first-order chi connectivity index (χ1) is 13.2. The molecule has 7 atom stereocenters. The van der Waals surface area contributed by atoms with Crippen LogP contribution in [0.1, 0.15) is 72.6 Å². The first kappa shape index (κ1) is 21.2. The highest BCUT2D eigenvalue weighted by molar-refractivity contribution is 5.65. The maximum absolute atomic E-state index is 11.6. The summed E-state index contributed by atoms with van der Waals surface area (Å²) in [7, 11) is 0. The fraction of sp³-hybridized carbons (Fsp3) is 0.870. The van der Waals surface area contributed by atoms with E-state index in [0.717, 1.165) is 25.7 Å². The lowest BCUT2D eigenvalue weighted by molar-refractivity contribution is -0.149. The molecule has 0 amide bonds. The second-order valence-electron chi connectivity index (χ2n) is 10.3. The van der Waals surface area contributed by atoms with Gasteiger partial charge in [-0.2, -0.15) is 0 Å². The predicted molar refractivity (Wildman–Crippen MR) is 111 cm³/mol. The minimum atomic E-state index is -0.184. The summed E-state index contributed by atoms with van der Waals surface area (Å²) >= 11 is 0. The van der Waals surface area contributed by atoms with Gasteiger partial charge in [-0.3, -0.25) is 4.79 Å². The largest absolute Gasteiger partial charge is 0.466 e. The standard InChI is InChI=1S/C23H37N3O2/c1-15-8-10-23(5,18(12-15)13-25-26-24)21-9-11-22(4)16(2)6-7-20(22)19(21)14-28-17(3)27/h15,18-21H,2,6-14H2,1,3-5H3/t15-,18+,19-,20?,21?,22+,23-/m0/s1. The first-order valence-electron chi connectivity index (χ1n) is 11.0. The van der Waals surface area contributed by atoms with Gasteiger partial charge in [-0.15, -0.1) is 0 Å². The molecule has 3 saturated carbocycles. The Labute approximate surface area is 169 Å². The summed E-state index contributed by atoms with van der Waals surface area (Å²) in [5.41, 5.74) is 10.6. The summed E-state index contributed by atoms with van der Waals surface area (Å²) in [5.74, 6) is 2.31. The molecule has 3 fully saturated rings. The van der Waals surface area contributed by atoms with E-state index in [1.54, 1.807) is 0 Å². The third-order valence-corrected chi connectivity index (χ3v) is 8.88. The molecule has 3 aliphatic carbocycles. The van der Waals surface area contributed by atoms with Crippen molar-refractivity contribution in [3.63, 3.8) is 0 Å². The number of carbonyl (C=O) groups is 1. The molecule has 156 valence electrons. The molecule has 0 aliphatic heterocycles. The molecule has 0 radical (unpaired) electrons. The van der Waals surface area contributed by atoms with Gasteiger partial charge in [0.25, 0.3) is 0 Å². The van der Waals surface area contributed by atoms with E-state index in [1.165, 1.54) is 31.8 Å².